The summed E-state index contributed by atoms with van der Waals surface area (Å²) in [7, 11) is 3.52. The molecular formula is C15H29ClN4O2. The number of amides is 3. The van der Waals surface area contributed by atoms with Gasteiger partial charge in [-0.1, -0.05) is 0 Å². The molecule has 0 saturated carbocycles. The van der Waals surface area contributed by atoms with Gasteiger partial charge in [-0.15, -0.1) is 12.4 Å². The molecule has 2 aliphatic heterocycles. The van der Waals surface area contributed by atoms with E-state index in [4.69, 9.17) is 0 Å². The monoisotopic (exact) mass is 332 g/mol. The summed E-state index contributed by atoms with van der Waals surface area (Å²) < 4.78 is 0. The molecule has 3 amide bonds. The molecule has 2 aliphatic rings. The second kappa shape index (κ2) is 8.58. The molecule has 22 heavy (non-hydrogen) atoms. The summed E-state index contributed by atoms with van der Waals surface area (Å²) in [6.45, 7) is 4.52. The zero-order valence-electron chi connectivity index (χ0n) is 13.8. The number of hydrogen-bond acceptors (Lipinski definition) is 3. The molecule has 0 aliphatic carbocycles. The fraction of sp³-hybridized carbons (Fsp3) is 0.867. The van der Waals surface area contributed by atoms with Gasteiger partial charge in [0.05, 0.1) is 0 Å². The Kier molecular flexibility index (Phi) is 7.42. The normalized spacial score (nSPS) is 26.0. The van der Waals surface area contributed by atoms with Crippen LogP contribution in [0.15, 0.2) is 0 Å². The molecule has 7 heteroatoms. The summed E-state index contributed by atoms with van der Waals surface area (Å²) in [5.41, 5.74) is 0. The average molecular weight is 333 g/mol. The molecule has 0 aromatic rings. The third-order valence-electron chi connectivity index (χ3n) is 4.61. The topological polar surface area (TPSA) is 64.7 Å². The van der Waals surface area contributed by atoms with Crippen LogP contribution in [0.4, 0.5) is 4.79 Å². The molecule has 6 nitrogen and oxygen atoms in total. The SMILES string of the molecule is CC1NCCCC1NC(=O)C1CCN(C(=O)N(C)C)CC1.Cl. The lowest BCUT2D eigenvalue weighted by molar-refractivity contribution is -0.127. The van der Waals surface area contributed by atoms with Gasteiger partial charge in [-0.05, 0) is 39.2 Å². The van der Waals surface area contributed by atoms with E-state index < -0.39 is 0 Å². The standard InChI is InChI=1S/C15H28N4O2.ClH/c1-11-13(5-4-8-16-11)17-14(20)12-6-9-19(10-7-12)15(21)18(2)3;/h11-13,16H,4-10H2,1-3H3,(H,17,20);1H. The highest BCUT2D eigenvalue weighted by atomic mass is 35.5. The van der Waals surface area contributed by atoms with E-state index in [1.807, 2.05) is 4.90 Å². The molecule has 2 N–H and O–H groups in total. The molecule has 128 valence electrons. The van der Waals surface area contributed by atoms with Crippen molar-refractivity contribution in [2.24, 2.45) is 5.92 Å². The predicted octanol–water partition coefficient (Wildman–Crippen LogP) is 1.06. The van der Waals surface area contributed by atoms with E-state index in [9.17, 15) is 9.59 Å². The first-order valence-electron chi connectivity index (χ1n) is 7.99. The minimum Gasteiger partial charge on any atom is -0.352 e. The van der Waals surface area contributed by atoms with E-state index in [0.29, 0.717) is 19.1 Å². The average Bonchev–Trinajstić information content (AvgIpc) is 2.49. The smallest absolute Gasteiger partial charge is 0.319 e. The zero-order valence-corrected chi connectivity index (χ0v) is 14.6. The van der Waals surface area contributed by atoms with Crippen molar-refractivity contribution in [1.82, 2.24) is 20.4 Å². The van der Waals surface area contributed by atoms with Gasteiger partial charge in [0, 0.05) is 45.2 Å². The van der Waals surface area contributed by atoms with Gasteiger partial charge in [0.2, 0.25) is 5.91 Å². The van der Waals surface area contributed by atoms with Crippen LogP contribution in [0.25, 0.3) is 0 Å². The lowest BCUT2D eigenvalue weighted by atomic mass is 9.94. The Hall–Kier alpha value is -1.01. The Morgan fingerprint density at radius 2 is 1.82 bits per heavy atom. The Morgan fingerprint density at radius 3 is 2.36 bits per heavy atom. The number of hydrogen-bond donors (Lipinski definition) is 2. The number of nitrogens with zero attached hydrogens (tertiary/aromatic N) is 2. The summed E-state index contributed by atoms with van der Waals surface area (Å²) in [6.07, 6.45) is 3.70. The van der Waals surface area contributed by atoms with Crippen LogP contribution in [0, 0.1) is 5.92 Å². The summed E-state index contributed by atoms with van der Waals surface area (Å²) in [5, 5.41) is 6.59. The summed E-state index contributed by atoms with van der Waals surface area (Å²) in [4.78, 5) is 27.7. The molecule has 0 aromatic carbocycles. The fourth-order valence-electron chi connectivity index (χ4n) is 3.16. The molecule has 0 bridgehead atoms. The zero-order chi connectivity index (χ0) is 15.4. The molecule has 2 rings (SSSR count). The van der Waals surface area contributed by atoms with Crippen molar-refractivity contribution in [3.8, 4) is 0 Å². The van der Waals surface area contributed by atoms with Gasteiger partial charge < -0.3 is 20.4 Å². The van der Waals surface area contributed by atoms with E-state index in [2.05, 4.69) is 17.6 Å². The summed E-state index contributed by atoms with van der Waals surface area (Å²) in [6, 6.07) is 0.629. The molecule has 2 heterocycles. The van der Waals surface area contributed by atoms with E-state index in [1.54, 1.807) is 19.0 Å². The number of piperidine rings is 2. The quantitative estimate of drug-likeness (QED) is 0.794. The lowest BCUT2D eigenvalue weighted by Crippen LogP contribution is -2.54. The van der Waals surface area contributed by atoms with Gasteiger partial charge in [0.1, 0.15) is 0 Å². The Balaban J connectivity index is 0.00000242. The molecule has 0 radical (unpaired) electrons. The molecule has 2 saturated heterocycles. The first-order valence-corrected chi connectivity index (χ1v) is 7.99. The van der Waals surface area contributed by atoms with Crippen molar-refractivity contribution in [3.05, 3.63) is 0 Å². The summed E-state index contributed by atoms with van der Waals surface area (Å²) in [5.74, 6) is 0.206. The number of nitrogens with one attached hydrogen (secondary N) is 2. The maximum Gasteiger partial charge on any atom is 0.319 e. The van der Waals surface area contributed by atoms with Crippen molar-refractivity contribution in [2.75, 3.05) is 33.7 Å². The van der Waals surface area contributed by atoms with Gasteiger partial charge in [-0.2, -0.15) is 0 Å². The van der Waals surface area contributed by atoms with Gasteiger partial charge in [-0.3, -0.25) is 4.79 Å². The number of halogens is 1. The van der Waals surface area contributed by atoms with Gasteiger partial charge in [0.15, 0.2) is 0 Å². The highest BCUT2D eigenvalue weighted by molar-refractivity contribution is 5.85. The molecule has 2 fully saturated rings. The second-order valence-electron chi connectivity index (χ2n) is 6.44. The van der Waals surface area contributed by atoms with Crippen LogP contribution in [-0.4, -0.2) is 67.6 Å². The van der Waals surface area contributed by atoms with Gasteiger partial charge in [-0.25, -0.2) is 4.79 Å². The van der Waals surface area contributed by atoms with Crippen molar-refractivity contribution in [1.29, 1.82) is 0 Å². The minimum absolute atomic E-state index is 0. The lowest BCUT2D eigenvalue weighted by Gasteiger charge is -2.35. The predicted molar refractivity (Wildman–Crippen MR) is 89.3 cm³/mol. The first-order chi connectivity index (χ1) is 9.99. The van der Waals surface area contributed by atoms with Crippen LogP contribution in [0.2, 0.25) is 0 Å². The first kappa shape index (κ1) is 19.0. The van der Waals surface area contributed by atoms with Crippen LogP contribution in [0.5, 0.6) is 0 Å². The van der Waals surface area contributed by atoms with E-state index in [0.717, 1.165) is 32.2 Å². The van der Waals surface area contributed by atoms with Gasteiger partial charge >= 0.3 is 6.03 Å². The number of likely N-dealkylation sites (tertiary alicyclic amines) is 1. The van der Waals surface area contributed by atoms with Crippen LogP contribution in [0.1, 0.15) is 32.6 Å². The van der Waals surface area contributed by atoms with Crippen molar-refractivity contribution < 1.29 is 9.59 Å². The van der Waals surface area contributed by atoms with Gasteiger partial charge in [0.25, 0.3) is 0 Å². The van der Waals surface area contributed by atoms with E-state index in [-0.39, 0.29) is 36.3 Å². The fourth-order valence-corrected chi connectivity index (χ4v) is 3.16. The summed E-state index contributed by atoms with van der Waals surface area (Å²) >= 11 is 0. The minimum atomic E-state index is 0. The molecule has 0 spiro atoms. The molecular weight excluding hydrogens is 304 g/mol. The maximum atomic E-state index is 12.4. The van der Waals surface area contributed by atoms with Crippen LogP contribution in [0.3, 0.4) is 0 Å². The largest absolute Gasteiger partial charge is 0.352 e. The third kappa shape index (κ3) is 4.74. The Bertz CT molecular complexity index is 384. The molecule has 2 atom stereocenters. The number of urea groups is 1. The highest BCUT2D eigenvalue weighted by Gasteiger charge is 2.30. The Labute approximate surface area is 139 Å². The second-order valence-corrected chi connectivity index (χ2v) is 6.44. The van der Waals surface area contributed by atoms with Crippen LogP contribution >= 0.6 is 12.4 Å². The van der Waals surface area contributed by atoms with Crippen molar-refractivity contribution in [3.63, 3.8) is 0 Å². The number of carbonyl (C=O) groups excluding carboxylic acids is 2. The van der Waals surface area contributed by atoms with E-state index >= 15 is 0 Å². The number of rotatable bonds is 2. The number of carbonyl (C=O) groups is 2. The van der Waals surface area contributed by atoms with E-state index in [1.165, 1.54) is 0 Å². The molecule has 0 aromatic heterocycles. The maximum absolute atomic E-state index is 12.4. The Morgan fingerprint density at radius 1 is 1.18 bits per heavy atom. The van der Waals surface area contributed by atoms with Crippen LogP contribution in [-0.2, 0) is 4.79 Å². The third-order valence-corrected chi connectivity index (χ3v) is 4.61. The molecule has 2 unspecified atom stereocenters. The van der Waals surface area contributed by atoms with Crippen molar-refractivity contribution >= 4 is 24.3 Å². The highest BCUT2D eigenvalue weighted by Crippen LogP contribution is 2.19. The van der Waals surface area contributed by atoms with Crippen molar-refractivity contribution in [2.45, 2.75) is 44.7 Å². The van der Waals surface area contributed by atoms with Crippen LogP contribution < -0.4 is 10.6 Å².